The van der Waals surface area contributed by atoms with Crippen LogP contribution in [0.3, 0.4) is 0 Å². The van der Waals surface area contributed by atoms with Crippen LogP contribution in [-0.2, 0) is 12.8 Å². The Morgan fingerprint density at radius 3 is 2.09 bits per heavy atom. The van der Waals surface area contributed by atoms with Crippen LogP contribution in [0.2, 0.25) is 0 Å². The maximum atomic E-state index is 9.69. The standard InChI is InChI=1S/C59H41N5O2/c1-3-4-5-10-36(2)63-51-22-17-37(29-46(51)49-32-41(20-25-52(49)63)43-14-9-15-45-44-13-6-7-16-55(44)66-59(43)45)11-8-12-40-27-28-62-57-50-33-42(21-26-56(50)65-58(40)57)64-53-23-18-38(34-60)30-47(53)48-31-39(35-61)19-24-54(48)64/h3-7,9-10,13-33,36H,8,11-12H2,1-2H3/b4-3-,10-5-. The predicted octanol–water partition coefficient (Wildman–Crippen LogP) is 15.4. The third-order valence-corrected chi connectivity index (χ3v) is 13.3. The number of aryl methyl sites for hydroxylation is 2. The van der Waals surface area contributed by atoms with Gasteiger partial charge in [-0.15, -0.1) is 0 Å². The molecule has 0 radical (unpaired) electrons. The minimum atomic E-state index is 0.142. The molecule has 0 saturated carbocycles. The van der Waals surface area contributed by atoms with Crippen molar-refractivity contribution in [3.05, 3.63) is 192 Å². The first-order valence-corrected chi connectivity index (χ1v) is 22.5. The number of furan rings is 2. The average molecular weight is 852 g/mol. The van der Waals surface area contributed by atoms with Crippen molar-refractivity contribution in [1.29, 1.82) is 10.5 Å². The van der Waals surface area contributed by atoms with E-state index in [0.29, 0.717) is 11.1 Å². The molecule has 12 aromatic rings. The van der Waals surface area contributed by atoms with Crippen LogP contribution in [0.5, 0.6) is 0 Å². The number of hydrogen-bond acceptors (Lipinski definition) is 5. The van der Waals surface area contributed by atoms with Gasteiger partial charge >= 0.3 is 0 Å². The zero-order valence-electron chi connectivity index (χ0n) is 36.4. The number of rotatable bonds is 9. The molecule has 7 nitrogen and oxygen atoms in total. The van der Waals surface area contributed by atoms with Crippen LogP contribution in [-0.4, -0.2) is 14.1 Å². The Balaban J connectivity index is 0.886. The van der Waals surface area contributed by atoms with Gasteiger partial charge in [-0.2, -0.15) is 10.5 Å². The van der Waals surface area contributed by atoms with E-state index >= 15 is 0 Å². The molecule has 12 rings (SSSR count). The Morgan fingerprint density at radius 1 is 0.606 bits per heavy atom. The molecule has 5 heterocycles. The van der Waals surface area contributed by atoms with Crippen molar-refractivity contribution in [2.45, 2.75) is 39.2 Å². The maximum absolute atomic E-state index is 9.69. The third kappa shape index (κ3) is 6.20. The molecule has 314 valence electrons. The zero-order chi connectivity index (χ0) is 44.5. The summed E-state index contributed by atoms with van der Waals surface area (Å²) in [5.74, 6) is 0. The maximum Gasteiger partial charge on any atom is 0.157 e. The quantitative estimate of drug-likeness (QED) is 0.135. The molecule has 1 unspecified atom stereocenters. The fourth-order valence-electron chi connectivity index (χ4n) is 10.2. The van der Waals surface area contributed by atoms with E-state index < -0.39 is 0 Å². The second-order valence-corrected chi connectivity index (χ2v) is 17.2. The van der Waals surface area contributed by atoms with E-state index in [0.717, 1.165) is 107 Å². The summed E-state index contributed by atoms with van der Waals surface area (Å²) in [6.45, 7) is 4.30. The lowest BCUT2D eigenvalue weighted by atomic mass is 9.99. The Kier molecular flexibility index (Phi) is 9.19. The van der Waals surface area contributed by atoms with Gasteiger partial charge in [-0.25, -0.2) is 0 Å². The van der Waals surface area contributed by atoms with E-state index in [9.17, 15) is 10.5 Å². The molecule has 0 spiro atoms. The number of allylic oxidation sites excluding steroid dienone is 4. The molecule has 5 aromatic heterocycles. The molecule has 7 heteroatoms. The largest absolute Gasteiger partial charge is 0.455 e. The van der Waals surface area contributed by atoms with Gasteiger partial charge in [0.05, 0.1) is 34.3 Å². The van der Waals surface area contributed by atoms with Gasteiger partial charge < -0.3 is 18.0 Å². The van der Waals surface area contributed by atoms with Crippen LogP contribution >= 0.6 is 0 Å². The van der Waals surface area contributed by atoms with Gasteiger partial charge in [0.1, 0.15) is 22.3 Å². The second kappa shape index (κ2) is 15.6. The number of nitriles is 2. The van der Waals surface area contributed by atoms with E-state index in [1.807, 2.05) is 67.7 Å². The van der Waals surface area contributed by atoms with Gasteiger partial charge in [0.25, 0.3) is 0 Å². The minimum absolute atomic E-state index is 0.142. The zero-order valence-corrected chi connectivity index (χ0v) is 36.4. The van der Waals surface area contributed by atoms with Crippen LogP contribution < -0.4 is 0 Å². The van der Waals surface area contributed by atoms with Crippen LogP contribution in [0.4, 0.5) is 0 Å². The number of pyridine rings is 1. The fourth-order valence-corrected chi connectivity index (χ4v) is 10.2. The van der Waals surface area contributed by atoms with E-state index in [-0.39, 0.29) is 6.04 Å². The van der Waals surface area contributed by atoms with Crippen molar-refractivity contribution < 1.29 is 8.83 Å². The molecule has 1 atom stereocenters. The molecule has 0 N–H and O–H groups in total. The molecule has 7 aromatic carbocycles. The highest BCUT2D eigenvalue weighted by atomic mass is 16.3. The number of hydrogen-bond donors (Lipinski definition) is 0. The summed E-state index contributed by atoms with van der Waals surface area (Å²) in [4.78, 5) is 4.86. The number of para-hydroxylation sites is 2. The first-order valence-electron chi connectivity index (χ1n) is 22.5. The van der Waals surface area contributed by atoms with Crippen molar-refractivity contribution >= 4 is 87.6 Å². The van der Waals surface area contributed by atoms with Gasteiger partial charge in [-0.3, -0.25) is 4.98 Å². The van der Waals surface area contributed by atoms with Crippen LogP contribution in [0.15, 0.2) is 179 Å². The Morgan fingerprint density at radius 2 is 1.30 bits per heavy atom. The topological polar surface area (TPSA) is 96.6 Å². The first kappa shape index (κ1) is 39.0. The SMILES string of the molecule is C/C=C\C=C/C(C)n1c2ccc(CCCc3ccnc4c3oc3ccc(-n5c6ccc(C#N)cc6c6cc(C#N)ccc65)cc34)cc2c2cc(-c3cccc4c3oc3ccccc34)ccc21. The van der Waals surface area contributed by atoms with E-state index in [2.05, 4.69) is 137 Å². The lowest BCUT2D eigenvalue weighted by molar-refractivity contribution is 0.658. The van der Waals surface area contributed by atoms with Crippen molar-refractivity contribution in [1.82, 2.24) is 14.1 Å². The predicted molar refractivity (Wildman–Crippen MR) is 268 cm³/mol. The Hall–Kier alpha value is -8.65. The summed E-state index contributed by atoms with van der Waals surface area (Å²) in [7, 11) is 0. The van der Waals surface area contributed by atoms with E-state index in [1.54, 1.807) is 0 Å². The third-order valence-electron chi connectivity index (χ3n) is 13.3. The summed E-state index contributed by atoms with van der Waals surface area (Å²) >= 11 is 0. The number of benzene rings is 7. The Bertz CT molecular complexity index is 4030. The molecule has 0 bridgehead atoms. The van der Waals surface area contributed by atoms with Crippen molar-refractivity contribution in [3.63, 3.8) is 0 Å². The van der Waals surface area contributed by atoms with Crippen molar-refractivity contribution in [3.8, 4) is 29.0 Å². The van der Waals surface area contributed by atoms with E-state index in [1.165, 1.54) is 27.4 Å². The molecular weight excluding hydrogens is 811 g/mol. The minimum Gasteiger partial charge on any atom is -0.455 e. The molecular formula is C59H41N5O2. The summed E-state index contributed by atoms with van der Waals surface area (Å²) in [5, 5.41) is 26.9. The number of aromatic nitrogens is 3. The smallest absolute Gasteiger partial charge is 0.157 e. The lowest BCUT2D eigenvalue weighted by Crippen LogP contribution is -2.01. The molecule has 0 aliphatic carbocycles. The van der Waals surface area contributed by atoms with Gasteiger partial charge in [-0.1, -0.05) is 72.8 Å². The summed E-state index contributed by atoms with van der Waals surface area (Å²) in [6.07, 6.45) is 13.1. The molecule has 0 aliphatic heterocycles. The molecule has 0 amide bonds. The summed E-state index contributed by atoms with van der Waals surface area (Å²) in [6, 6.07) is 53.0. The van der Waals surface area contributed by atoms with Crippen LogP contribution in [0.25, 0.3) is 104 Å². The lowest BCUT2D eigenvalue weighted by Gasteiger charge is -2.13. The highest BCUT2D eigenvalue weighted by molar-refractivity contribution is 6.14. The summed E-state index contributed by atoms with van der Waals surface area (Å²) in [5.41, 5.74) is 15.3. The molecule has 66 heavy (non-hydrogen) atoms. The normalized spacial score (nSPS) is 12.7. The van der Waals surface area contributed by atoms with Gasteiger partial charge in [0.2, 0.25) is 0 Å². The van der Waals surface area contributed by atoms with Crippen molar-refractivity contribution in [2.24, 2.45) is 0 Å². The second-order valence-electron chi connectivity index (χ2n) is 17.2. The number of fused-ring (bicyclic) bond motifs is 12. The first-order chi connectivity index (χ1) is 32.5. The average Bonchev–Trinajstić information content (AvgIpc) is 4.11. The molecule has 0 aliphatic rings. The van der Waals surface area contributed by atoms with Crippen LogP contribution in [0.1, 0.15) is 48.6 Å². The van der Waals surface area contributed by atoms with Gasteiger partial charge in [0.15, 0.2) is 5.58 Å². The van der Waals surface area contributed by atoms with Crippen molar-refractivity contribution in [2.75, 3.05) is 0 Å². The van der Waals surface area contributed by atoms with Gasteiger partial charge in [-0.05, 0) is 141 Å². The number of nitrogens with zero attached hydrogens (tertiary/aromatic N) is 5. The van der Waals surface area contributed by atoms with E-state index in [4.69, 9.17) is 13.8 Å². The van der Waals surface area contributed by atoms with Crippen LogP contribution in [0, 0.1) is 22.7 Å². The Labute approximate surface area is 379 Å². The molecule has 0 fully saturated rings. The molecule has 0 saturated heterocycles. The summed E-state index contributed by atoms with van der Waals surface area (Å²) < 4.78 is 17.7. The van der Waals surface area contributed by atoms with Gasteiger partial charge in [0, 0.05) is 72.2 Å². The highest BCUT2D eigenvalue weighted by Crippen LogP contribution is 2.41. The fraction of sp³-hybridized carbons (Fsp3) is 0.102. The highest BCUT2D eigenvalue weighted by Gasteiger charge is 2.20. The monoisotopic (exact) mass is 851 g/mol.